The molecule has 0 atom stereocenters. The van der Waals surface area contributed by atoms with Crippen LogP contribution in [0.3, 0.4) is 0 Å². The fourth-order valence-corrected chi connectivity index (χ4v) is 5.02. The second-order valence-electron chi connectivity index (χ2n) is 9.00. The summed E-state index contributed by atoms with van der Waals surface area (Å²) in [6.07, 6.45) is 4.35. The summed E-state index contributed by atoms with van der Waals surface area (Å²) in [5.41, 5.74) is 2.96. The van der Waals surface area contributed by atoms with Crippen molar-refractivity contribution >= 4 is 22.4 Å². The number of pyridine rings is 1. The van der Waals surface area contributed by atoms with Gasteiger partial charge in [-0.15, -0.1) is 0 Å². The van der Waals surface area contributed by atoms with Gasteiger partial charge in [0.15, 0.2) is 0 Å². The lowest BCUT2D eigenvalue weighted by atomic mass is 9.86. The highest BCUT2D eigenvalue weighted by molar-refractivity contribution is 6.32. The normalized spacial score (nSPS) is 15.7. The molecule has 1 fully saturated rings. The number of rotatable bonds is 5. The van der Waals surface area contributed by atoms with E-state index >= 15 is 0 Å². The van der Waals surface area contributed by atoms with E-state index in [1.165, 1.54) is 12.8 Å². The average Bonchev–Trinajstić information content (AvgIpc) is 2.77. The van der Waals surface area contributed by atoms with Gasteiger partial charge in [0.1, 0.15) is 5.75 Å². The summed E-state index contributed by atoms with van der Waals surface area (Å²) in [6, 6.07) is 11.8. The third kappa shape index (κ3) is 4.37. The molecule has 0 bridgehead atoms. The number of fused-ring (bicyclic) bond motifs is 1. The molecular formula is C26H31ClN2O2. The Bertz CT molecular complexity index is 1140. The zero-order valence-corrected chi connectivity index (χ0v) is 19.6. The number of aromatic nitrogens is 1. The third-order valence-corrected chi connectivity index (χ3v) is 7.07. The quantitative estimate of drug-likeness (QED) is 0.509. The highest BCUT2D eigenvalue weighted by Crippen LogP contribution is 2.37. The SMILES string of the molecule is COc1cc(-c2cn(C)c(=O)c3ccccc23)cc(Cl)c1CN1CCC(C(C)C)CC1. The van der Waals surface area contributed by atoms with Crippen molar-refractivity contribution in [3.05, 3.63) is 63.5 Å². The third-order valence-electron chi connectivity index (χ3n) is 6.73. The molecule has 1 aliphatic rings. The van der Waals surface area contributed by atoms with Gasteiger partial charge in [-0.2, -0.15) is 0 Å². The van der Waals surface area contributed by atoms with Crippen molar-refractivity contribution in [1.29, 1.82) is 0 Å². The number of benzene rings is 2. The summed E-state index contributed by atoms with van der Waals surface area (Å²) in [5, 5.41) is 2.33. The first kappa shape index (κ1) is 21.9. The van der Waals surface area contributed by atoms with E-state index in [1.807, 2.05) is 42.6 Å². The number of halogens is 1. The Morgan fingerprint density at radius 2 is 1.81 bits per heavy atom. The highest BCUT2D eigenvalue weighted by Gasteiger charge is 2.23. The minimum absolute atomic E-state index is 0.00108. The average molecular weight is 439 g/mol. The molecule has 164 valence electrons. The van der Waals surface area contributed by atoms with Crippen molar-refractivity contribution in [3.63, 3.8) is 0 Å². The van der Waals surface area contributed by atoms with Crippen LogP contribution in [-0.4, -0.2) is 29.7 Å². The van der Waals surface area contributed by atoms with E-state index < -0.39 is 0 Å². The van der Waals surface area contributed by atoms with E-state index in [0.717, 1.165) is 59.3 Å². The molecule has 3 aromatic rings. The molecule has 4 rings (SSSR count). The molecule has 0 spiro atoms. The lowest BCUT2D eigenvalue weighted by Gasteiger charge is -2.34. The highest BCUT2D eigenvalue weighted by atomic mass is 35.5. The Morgan fingerprint density at radius 3 is 2.45 bits per heavy atom. The molecule has 0 N–H and O–H groups in total. The molecule has 0 radical (unpaired) electrons. The Morgan fingerprint density at radius 1 is 1.13 bits per heavy atom. The Balaban J connectivity index is 1.69. The maximum Gasteiger partial charge on any atom is 0.258 e. The number of ether oxygens (including phenoxy) is 1. The summed E-state index contributed by atoms with van der Waals surface area (Å²) in [5.74, 6) is 2.36. The molecule has 1 aliphatic heterocycles. The van der Waals surface area contributed by atoms with Crippen molar-refractivity contribution in [2.45, 2.75) is 33.2 Å². The molecule has 1 aromatic heterocycles. The summed E-state index contributed by atoms with van der Waals surface area (Å²) in [7, 11) is 3.48. The van der Waals surface area contributed by atoms with Crippen molar-refractivity contribution in [3.8, 4) is 16.9 Å². The molecule has 1 saturated heterocycles. The van der Waals surface area contributed by atoms with Crippen molar-refractivity contribution < 1.29 is 4.74 Å². The van der Waals surface area contributed by atoms with Crippen LogP contribution in [0.4, 0.5) is 0 Å². The van der Waals surface area contributed by atoms with Crippen LogP contribution in [0.15, 0.2) is 47.4 Å². The number of piperidine rings is 1. The number of nitrogens with zero attached hydrogens (tertiary/aromatic N) is 2. The summed E-state index contributed by atoms with van der Waals surface area (Å²) in [6.45, 7) is 7.62. The Labute approximate surface area is 189 Å². The smallest absolute Gasteiger partial charge is 0.258 e. The first-order valence-electron chi connectivity index (χ1n) is 11.1. The van der Waals surface area contributed by atoms with Gasteiger partial charge < -0.3 is 9.30 Å². The molecule has 2 heterocycles. The minimum atomic E-state index is -0.00108. The van der Waals surface area contributed by atoms with E-state index in [-0.39, 0.29) is 5.56 Å². The van der Waals surface area contributed by atoms with Gasteiger partial charge in [-0.3, -0.25) is 9.69 Å². The number of likely N-dealkylation sites (tertiary alicyclic amines) is 1. The topological polar surface area (TPSA) is 34.5 Å². The van der Waals surface area contributed by atoms with Crippen LogP contribution in [0.5, 0.6) is 5.75 Å². The standard InChI is InChI=1S/C26H31ClN2O2/c1-17(2)18-9-11-29(12-10-18)16-23-24(27)13-19(14-25(23)31-4)22-15-28(3)26(30)21-8-6-5-7-20(21)22/h5-8,13-15,17-18H,9-12,16H2,1-4H3. The monoisotopic (exact) mass is 438 g/mol. The molecule has 0 amide bonds. The Kier molecular flexibility index (Phi) is 6.40. The number of hydrogen-bond donors (Lipinski definition) is 0. The van der Waals surface area contributed by atoms with Crippen LogP contribution in [-0.2, 0) is 13.6 Å². The lowest BCUT2D eigenvalue weighted by molar-refractivity contribution is 0.151. The second-order valence-corrected chi connectivity index (χ2v) is 9.41. The van der Waals surface area contributed by atoms with Gasteiger partial charge in [0.25, 0.3) is 5.56 Å². The van der Waals surface area contributed by atoms with Gasteiger partial charge >= 0.3 is 0 Å². The zero-order chi connectivity index (χ0) is 22.1. The van der Waals surface area contributed by atoms with Gasteiger partial charge in [-0.25, -0.2) is 0 Å². The molecule has 0 unspecified atom stereocenters. The van der Waals surface area contributed by atoms with Crippen molar-refractivity contribution in [2.75, 3.05) is 20.2 Å². The van der Waals surface area contributed by atoms with Gasteiger partial charge in [-0.1, -0.05) is 43.6 Å². The predicted octanol–water partition coefficient (Wildman–Crippen LogP) is 5.74. The molecule has 0 saturated carbocycles. The summed E-state index contributed by atoms with van der Waals surface area (Å²) in [4.78, 5) is 15.0. The molecule has 2 aromatic carbocycles. The molecular weight excluding hydrogens is 408 g/mol. The van der Waals surface area contributed by atoms with Crippen molar-refractivity contribution in [2.24, 2.45) is 18.9 Å². The molecule has 31 heavy (non-hydrogen) atoms. The van der Waals surface area contributed by atoms with Crippen LogP contribution in [0, 0.1) is 11.8 Å². The zero-order valence-electron chi connectivity index (χ0n) is 18.8. The van der Waals surface area contributed by atoms with Gasteiger partial charge in [0.05, 0.1) is 7.11 Å². The second kappa shape index (κ2) is 9.05. The van der Waals surface area contributed by atoms with E-state index in [0.29, 0.717) is 10.4 Å². The first-order valence-corrected chi connectivity index (χ1v) is 11.4. The van der Waals surface area contributed by atoms with Crippen LogP contribution >= 0.6 is 11.6 Å². The number of methoxy groups -OCH3 is 1. The Hall–Kier alpha value is -2.30. The fraction of sp³-hybridized carbons (Fsp3) is 0.423. The van der Waals surface area contributed by atoms with Gasteiger partial charge in [0, 0.05) is 41.3 Å². The first-order chi connectivity index (χ1) is 14.9. The van der Waals surface area contributed by atoms with E-state index in [2.05, 4.69) is 18.7 Å². The van der Waals surface area contributed by atoms with Crippen LogP contribution in [0.2, 0.25) is 5.02 Å². The largest absolute Gasteiger partial charge is 0.496 e. The summed E-state index contributed by atoms with van der Waals surface area (Å²) >= 11 is 6.81. The minimum Gasteiger partial charge on any atom is -0.496 e. The van der Waals surface area contributed by atoms with Crippen LogP contribution in [0.1, 0.15) is 32.3 Å². The van der Waals surface area contributed by atoms with Crippen LogP contribution < -0.4 is 10.3 Å². The maximum atomic E-state index is 12.5. The predicted molar refractivity (Wildman–Crippen MR) is 129 cm³/mol. The number of aryl methyl sites for hydroxylation is 1. The van der Waals surface area contributed by atoms with Gasteiger partial charge in [-0.05, 0) is 66.9 Å². The van der Waals surface area contributed by atoms with E-state index in [1.54, 1.807) is 18.7 Å². The molecule has 0 aliphatic carbocycles. The lowest BCUT2D eigenvalue weighted by Crippen LogP contribution is -2.34. The van der Waals surface area contributed by atoms with Crippen LogP contribution in [0.25, 0.3) is 21.9 Å². The van der Waals surface area contributed by atoms with Gasteiger partial charge in [0.2, 0.25) is 0 Å². The van der Waals surface area contributed by atoms with Crippen molar-refractivity contribution in [1.82, 2.24) is 9.47 Å². The number of hydrogen-bond acceptors (Lipinski definition) is 3. The maximum absolute atomic E-state index is 12.5. The van der Waals surface area contributed by atoms with E-state index in [4.69, 9.17) is 16.3 Å². The van der Waals surface area contributed by atoms with E-state index in [9.17, 15) is 4.79 Å². The summed E-state index contributed by atoms with van der Waals surface area (Å²) < 4.78 is 7.41. The fourth-order valence-electron chi connectivity index (χ4n) is 4.75. The molecule has 5 heteroatoms. The molecule has 4 nitrogen and oxygen atoms in total.